The van der Waals surface area contributed by atoms with E-state index in [1.54, 1.807) is 0 Å². The Kier molecular flexibility index (Phi) is 3.28. The minimum absolute atomic E-state index is 0.296. The molecule has 0 saturated carbocycles. The number of carbonyl (C=O) groups excluding carboxylic acids is 1. The van der Waals surface area contributed by atoms with Gasteiger partial charge in [0.05, 0.1) is 0 Å². The van der Waals surface area contributed by atoms with Gasteiger partial charge in [-0.15, -0.1) is 0 Å². The van der Waals surface area contributed by atoms with Gasteiger partial charge in [0.25, 0.3) is 0 Å². The quantitative estimate of drug-likeness (QED) is 0.745. The molecule has 1 aliphatic rings. The van der Waals surface area contributed by atoms with Gasteiger partial charge in [-0.3, -0.25) is 4.79 Å². The second-order valence-corrected chi connectivity index (χ2v) is 4.93. The van der Waals surface area contributed by atoms with E-state index in [0.29, 0.717) is 18.2 Å². The lowest BCUT2D eigenvalue weighted by Crippen LogP contribution is -2.36. The zero-order valence-corrected chi connectivity index (χ0v) is 10.1. The van der Waals surface area contributed by atoms with Gasteiger partial charge in [-0.2, -0.15) is 0 Å². The zero-order chi connectivity index (χ0) is 11.5. The lowest BCUT2D eigenvalue weighted by atomic mass is 9.99. The molecule has 0 aromatic heterocycles. The van der Waals surface area contributed by atoms with Crippen LogP contribution in [0.25, 0.3) is 0 Å². The van der Waals surface area contributed by atoms with Crippen LogP contribution in [0.5, 0.6) is 0 Å². The van der Waals surface area contributed by atoms with Crippen molar-refractivity contribution in [2.45, 2.75) is 33.2 Å². The first-order chi connectivity index (χ1) is 7.66. The molecule has 0 aliphatic carbocycles. The summed E-state index contributed by atoms with van der Waals surface area (Å²) in [6.07, 6.45) is 1.67. The van der Waals surface area contributed by atoms with Crippen molar-refractivity contribution in [1.29, 1.82) is 0 Å². The van der Waals surface area contributed by atoms with Gasteiger partial charge >= 0.3 is 0 Å². The van der Waals surface area contributed by atoms with Gasteiger partial charge in [-0.1, -0.05) is 38.1 Å². The molecule has 16 heavy (non-hydrogen) atoms. The van der Waals surface area contributed by atoms with Gasteiger partial charge in [-0.05, 0) is 23.5 Å². The molecule has 0 N–H and O–H groups in total. The molecular weight excluding hydrogens is 198 g/mol. The van der Waals surface area contributed by atoms with E-state index >= 15 is 0 Å². The predicted octanol–water partition coefficient (Wildman–Crippen LogP) is 2.62. The molecule has 1 heterocycles. The summed E-state index contributed by atoms with van der Waals surface area (Å²) >= 11 is 0. The Balaban J connectivity index is 2.05. The fourth-order valence-corrected chi connectivity index (χ4v) is 2.19. The molecule has 0 bridgehead atoms. The average Bonchev–Trinajstić information content (AvgIpc) is 2.27. The van der Waals surface area contributed by atoms with Crippen LogP contribution in [0.2, 0.25) is 0 Å². The fraction of sp³-hybridized carbons (Fsp3) is 0.500. The Labute approximate surface area is 97.3 Å². The van der Waals surface area contributed by atoms with Gasteiger partial charge in [0, 0.05) is 19.5 Å². The van der Waals surface area contributed by atoms with Gasteiger partial charge in [-0.25, -0.2) is 0 Å². The number of rotatable bonds is 2. The third kappa shape index (κ3) is 2.43. The van der Waals surface area contributed by atoms with Crippen molar-refractivity contribution < 1.29 is 4.79 Å². The van der Waals surface area contributed by atoms with Crippen LogP contribution >= 0.6 is 0 Å². The molecule has 86 valence electrons. The third-order valence-electron chi connectivity index (χ3n) is 3.07. The summed E-state index contributed by atoms with van der Waals surface area (Å²) < 4.78 is 0. The van der Waals surface area contributed by atoms with Crippen molar-refractivity contribution in [2.24, 2.45) is 5.92 Å². The number of hydrogen-bond donors (Lipinski definition) is 0. The number of fused-ring (bicyclic) bond motifs is 1. The molecule has 0 spiro atoms. The smallest absolute Gasteiger partial charge is 0.223 e. The van der Waals surface area contributed by atoms with Crippen LogP contribution in [0.1, 0.15) is 31.4 Å². The third-order valence-corrected chi connectivity index (χ3v) is 3.07. The highest BCUT2D eigenvalue weighted by Crippen LogP contribution is 2.19. The van der Waals surface area contributed by atoms with E-state index in [-0.39, 0.29) is 0 Å². The molecular formula is C14H19NO. The Morgan fingerprint density at radius 3 is 2.69 bits per heavy atom. The van der Waals surface area contributed by atoms with Gasteiger partial charge in [0.1, 0.15) is 0 Å². The van der Waals surface area contributed by atoms with Crippen LogP contribution in [0, 0.1) is 5.92 Å². The van der Waals surface area contributed by atoms with Gasteiger partial charge < -0.3 is 4.90 Å². The normalized spacial score (nSPS) is 15.1. The second kappa shape index (κ2) is 4.69. The van der Waals surface area contributed by atoms with Crippen molar-refractivity contribution in [3.63, 3.8) is 0 Å². The standard InChI is InChI=1S/C14H19NO/c1-11(2)9-14(16)15-8-7-12-5-3-4-6-13(12)10-15/h3-6,11H,7-10H2,1-2H3. The van der Waals surface area contributed by atoms with Crippen molar-refractivity contribution in [1.82, 2.24) is 4.90 Å². The van der Waals surface area contributed by atoms with E-state index in [2.05, 4.69) is 38.1 Å². The van der Waals surface area contributed by atoms with Crippen LogP contribution < -0.4 is 0 Å². The van der Waals surface area contributed by atoms with E-state index in [0.717, 1.165) is 19.5 Å². The molecule has 1 amide bonds. The molecule has 1 aliphatic heterocycles. The summed E-state index contributed by atoms with van der Waals surface area (Å²) in [7, 11) is 0. The molecule has 2 nitrogen and oxygen atoms in total. The average molecular weight is 217 g/mol. The predicted molar refractivity (Wildman–Crippen MR) is 65.0 cm³/mol. The van der Waals surface area contributed by atoms with Crippen LogP contribution in [0.4, 0.5) is 0 Å². The molecule has 0 radical (unpaired) electrons. The highest BCUT2D eigenvalue weighted by atomic mass is 16.2. The summed E-state index contributed by atoms with van der Waals surface area (Å²) in [5.74, 6) is 0.745. The van der Waals surface area contributed by atoms with Crippen molar-refractivity contribution >= 4 is 5.91 Å². The van der Waals surface area contributed by atoms with Crippen LogP contribution in [-0.4, -0.2) is 17.4 Å². The monoisotopic (exact) mass is 217 g/mol. The minimum Gasteiger partial charge on any atom is -0.338 e. The Morgan fingerprint density at radius 2 is 2.00 bits per heavy atom. The summed E-state index contributed by atoms with van der Waals surface area (Å²) in [5, 5.41) is 0. The first-order valence-electron chi connectivity index (χ1n) is 6.01. The zero-order valence-electron chi connectivity index (χ0n) is 10.1. The highest BCUT2D eigenvalue weighted by Gasteiger charge is 2.20. The summed E-state index contributed by atoms with van der Waals surface area (Å²) in [6.45, 7) is 5.86. The van der Waals surface area contributed by atoms with E-state index in [9.17, 15) is 4.79 Å². The SMILES string of the molecule is CC(C)CC(=O)N1CCc2ccccc2C1. The maximum atomic E-state index is 11.9. The minimum atomic E-state index is 0.296. The molecule has 2 rings (SSSR count). The molecule has 0 atom stereocenters. The molecule has 1 aromatic carbocycles. The Morgan fingerprint density at radius 1 is 1.31 bits per heavy atom. The largest absolute Gasteiger partial charge is 0.338 e. The number of carbonyl (C=O) groups is 1. The molecule has 0 fully saturated rings. The van der Waals surface area contributed by atoms with E-state index in [4.69, 9.17) is 0 Å². The van der Waals surface area contributed by atoms with E-state index in [1.807, 2.05) is 4.90 Å². The molecule has 0 unspecified atom stereocenters. The summed E-state index contributed by atoms with van der Waals surface area (Å²) in [5.41, 5.74) is 2.71. The highest BCUT2D eigenvalue weighted by molar-refractivity contribution is 5.76. The lowest BCUT2D eigenvalue weighted by Gasteiger charge is -2.29. The maximum Gasteiger partial charge on any atom is 0.223 e. The maximum absolute atomic E-state index is 11.9. The topological polar surface area (TPSA) is 20.3 Å². The first kappa shape index (κ1) is 11.2. The van der Waals surface area contributed by atoms with E-state index in [1.165, 1.54) is 11.1 Å². The van der Waals surface area contributed by atoms with Crippen LogP contribution in [0.15, 0.2) is 24.3 Å². The Hall–Kier alpha value is -1.31. The first-order valence-corrected chi connectivity index (χ1v) is 6.01. The molecule has 0 saturated heterocycles. The van der Waals surface area contributed by atoms with Crippen molar-refractivity contribution in [3.8, 4) is 0 Å². The molecule has 2 heteroatoms. The van der Waals surface area contributed by atoms with Gasteiger partial charge in [0.15, 0.2) is 0 Å². The second-order valence-electron chi connectivity index (χ2n) is 4.93. The van der Waals surface area contributed by atoms with Gasteiger partial charge in [0.2, 0.25) is 5.91 Å². The number of benzene rings is 1. The fourth-order valence-electron chi connectivity index (χ4n) is 2.19. The number of hydrogen-bond acceptors (Lipinski definition) is 1. The lowest BCUT2D eigenvalue weighted by molar-refractivity contribution is -0.132. The van der Waals surface area contributed by atoms with Crippen LogP contribution in [0.3, 0.4) is 0 Å². The molecule has 1 aromatic rings. The van der Waals surface area contributed by atoms with Crippen molar-refractivity contribution in [2.75, 3.05) is 6.54 Å². The number of nitrogens with zero attached hydrogens (tertiary/aromatic N) is 1. The summed E-state index contributed by atoms with van der Waals surface area (Å²) in [6, 6.07) is 8.42. The number of amides is 1. The van der Waals surface area contributed by atoms with Crippen molar-refractivity contribution in [3.05, 3.63) is 35.4 Å². The Bertz CT molecular complexity index is 384. The van der Waals surface area contributed by atoms with Crippen LogP contribution in [-0.2, 0) is 17.8 Å². The van der Waals surface area contributed by atoms with E-state index < -0.39 is 0 Å². The summed E-state index contributed by atoms with van der Waals surface area (Å²) in [4.78, 5) is 13.9.